The Morgan fingerprint density at radius 3 is 2.50 bits per heavy atom. The summed E-state index contributed by atoms with van der Waals surface area (Å²) < 4.78 is 19.6. The van der Waals surface area contributed by atoms with Crippen LogP contribution in [0.5, 0.6) is 5.75 Å². The SMILES string of the molecule is COc1ccc(C(Cl)c2ccccc2F)c(Br)c1. The van der Waals surface area contributed by atoms with Gasteiger partial charge in [0.15, 0.2) is 0 Å². The van der Waals surface area contributed by atoms with Crippen LogP contribution in [0.3, 0.4) is 0 Å². The lowest BCUT2D eigenvalue weighted by Crippen LogP contribution is -1.98. The van der Waals surface area contributed by atoms with Gasteiger partial charge in [-0.15, -0.1) is 11.6 Å². The number of alkyl halides is 1. The number of methoxy groups -OCH3 is 1. The highest BCUT2D eigenvalue weighted by Gasteiger charge is 2.17. The summed E-state index contributed by atoms with van der Waals surface area (Å²) in [6, 6.07) is 11.9. The normalized spacial score (nSPS) is 12.2. The lowest BCUT2D eigenvalue weighted by molar-refractivity contribution is 0.414. The van der Waals surface area contributed by atoms with E-state index in [0.717, 1.165) is 15.8 Å². The molecular formula is C14H11BrClFO. The van der Waals surface area contributed by atoms with Gasteiger partial charge in [0.2, 0.25) is 0 Å². The first-order valence-corrected chi connectivity index (χ1v) is 6.58. The zero-order chi connectivity index (χ0) is 13.1. The van der Waals surface area contributed by atoms with Crippen molar-refractivity contribution in [3.63, 3.8) is 0 Å². The van der Waals surface area contributed by atoms with E-state index < -0.39 is 5.38 Å². The molecule has 0 saturated carbocycles. The topological polar surface area (TPSA) is 9.23 Å². The summed E-state index contributed by atoms with van der Waals surface area (Å²) in [5.74, 6) is 0.420. The van der Waals surface area contributed by atoms with Crippen LogP contribution in [0.25, 0.3) is 0 Å². The standard InChI is InChI=1S/C14H11BrClFO/c1-18-9-6-7-10(12(15)8-9)14(16)11-4-2-3-5-13(11)17/h2-8,14H,1H3. The highest BCUT2D eigenvalue weighted by atomic mass is 79.9. The van der Waals surface area contributed by atoms with E-state index in [1.165, 1.54) is 6.07 Å². The van der Waals surface area contributed by atoms with Crippen molar-refractivity contribution in [1.29, 1.82) is 0 Å². The Hall–Kier alpha value is -1.06. The molecule has 0 amide bonds. The molecule has 0 fully saturated rings. The predicted molar refractivity (Wildman–Crippen MR) is 74.8 cm³/mol. The minimum Gasteiger partial charge on any atom is -0.497 e. The number of benzene rings is 2. The summed E-state index contributed by atoms with van der Waals surface area (Å²) in [6.45, 7) is 0. The van der Waals surface area contributed by atoms with Crippen LogP contribution in [-0.2, 0) is 0 Å². The third kappa shape index (κ3) is 2.68. The fourth-order valence-corrected chi connectivity index (χ4v) is 2.77. The number of hydrogen-bond donors (Lipinski definition) is 0. The van der Waals surface area contributed by atoms with Crippen LogP contribution >= 0.6 is 27.5 Å². The van der Waals surface area contributed by atoms with Gasteiger partial charge in [0.25, 0.3) is 0 Å². The molecule has 2 aromatic rings. The smallest absolute Gasteiger partial charge is 0.128 e. The average Bonchev–Trinajstić information content (AvgIpc) is 2.38. The molecule has 1 nitrogen and oxygen atoms in total. The van der Waals surface area contributed by atoms with Gasteiger partial charge in [-0.05, 0) is 23.8 Å². The van der Waals surface area contributed by atoms with E-state index >= 15 is 0 Å². The van der Waals surface area contributed by atoms with Crippen molar-refractivity contribution in [2.75, 3.05) is 7.11 Å². The minimum absolute atomic E-state index is 0.305. The first kappa shape index (κ1) is 13.4. The van der Waals surface area contributed by atoms with Crippen LogP contribution in [-0.4, -0.2) is 7.11 Å². The lowest BCUT2D eigenvalue weighted by Gasteiger charge is -2.14. The first-order valence-electron chi connectivity index (χ1n) is 5.35. The first-order chi connectivity index (χ1) is 8.63. The Bertz CT molecular complexity index is 559. The molecule has 0 aromatic heterocycles. The molecule has 2 rings (SSSR count). The van der Waals surface area contributed by atoms with E-state index in [4.69, 9.17) is 16.3 Å². The Labute approximate surface area is 119 Å². The highest BCUT2D eigenvalue weighted by molar-refractivity contribution is 9.10. The lowest BCUT2D eigenvalue weighted by atomic mass is 10.0. The van der Waals surface area contributed by atoms with Gasteiger partial charge in [-0.1, -0.05) is 40.2 Å². The van der Waals surface area contributed by atoms with Gasteiger partial charge in [0.1, 0.15) is 11.6 Å². The molecule has 2 aromatic carbocycles. The molecular weight excluding hydrogens is 319 g/mol. The zero-order valence-corrected chi connectivity index (χ0v) is 12.0. The molecule has 0 spiro atoms. The second kappa shape index (κ2) is 5.72. The van der Waals surface area contributed by atoms with Crippen molar-refractivity contribution in [1.82, 2.24) is 0 Å². The molecule has 0 saturated heterocycles. The molecule has 0 bridgehead atoms. The second-order valence-corrected chi connectivity index (χ2v) is 5.06. The van der Waals surface area contributed by atoms with Crippen LogP contribution in [0.2, 0.25) is 0 Å². The fourth-order valence-electron chi connectivity index (χ4n) is 1.69. The van der Waals surface area contributed by atoms with E-state index in [0.29, 0.717) is 5.56 Å². The highest BCUT2D eigenvalue weighted by Crippen LogP contribution is 2.36. The summed E-state index contributed by atoms with van der Waals surface area (Å²) in [5.41, 5.74) is 1.27. The maximum Gasteiger partial charge on any atom is 0.128 e. The van der Waals surface area contributed by atoms with Crippen molar-refractivity contribution in [3.05, 3.63) is 63.9 Å². The third-order valence-corrected chi connectivity index (χ3v) is 3.82. The van der Waals surface area contributed by atoms with E-state index in [1.54, 1.807) is 31.4 Å². The summed E-state index contributed by atoms with van der Waals surface area (Å²) in [6.07, 6.45) is 0. The molecule has 0 heterocycles. The van der Waals surface area contributed by atoms with Gasteiger partial charge >= 0.3 is 0 Å². The van der Waals surface area contributed by atoms with Crippen molar-refractivity contribution >= 4 is 27.5 Å². The zero-order valence-electron chi connectivity index (χ0n) is 9.66. The Kier molecular flexibility index (Phi) is 4.25. The molecule has 94 valence electrons. The molecule has 1 atom stereocenters. The quantitative estimate of drug-likeness (QED) is 0.726. The molecule has 1 unspecified atom stereocenters. The van der Waals surface area contributed by atoms with E-state index in [1.807, 2.05) is 12.1 Å². The maximum atomic E-state index is 13.7. The van der Waals surface area contributed by atoms with E-state index in [-0.39, 0.29) is 5.82 Å². The Morgan fingerprint density at radius 1 is 1.17 bits per heavy atom. The van der Waals surface area contributed by atoms with Crippen LogP contribution < -0.4 is 4.74 Å². The number of ether oxygens (including phenoxy) is 1. The van der Waals surface area contributed by atoms with Gasteiger partial charge in [-0.25, -0.2) is 4.39 Å². The second-order valence-electron chi connectivity index (χ2n) is 3.77. The Balaban J connectivity index is 2.40. The number of hydrogen-bond acceptors (Lipinski definition) is 1. The van der Waals surface area contributed by atoms with Crippen LogP contribution in [0.4, 0.5) is 4.39 Å². The van der Waals surface area contributed by atoms with Gasteiger partial charge in [0.05, 0.1) is 12.5 Å². The predicted octanol–water partition coefficient (Wildman–Crippen LogP) is 4.93. The van der Waals surface area contributed by atoms with Gasteiger partial charge < -0.3 is 4.74 Å². The number of halogens is 3. The molecule has 0 N–H and O–H groups in total. The maximum absolute atomic E-state index is 13.7. The molecule has 0 radical (unpaired) electrons. The monoisotopic (exact) mass is 328 g/mol. The summed E-state index contributed by atoms with van der Waals surface area (Å²) in [4.78, 5) is 0. The van der Waals surface area contributed by atoms with Crippen molar-refractivity contribution in [2.24, 2.45) is 0 Å². The molecule has 18 heavy (non-hydrogen) atoms. The Morgan fingerprint density at radius 2 is 1.89 bits per heavy atom. The molecule has 0 aliphatic heterocycles. The minimum atomic E-state index is -0.536. The van der Waals surface area contributed by atoms with Crippen LogP contribution in [0.15, 0.2) is 46.9 Å². The van der Waals surface area contributed by atoms with Gasteiger partial charge in [-0.2, -0.15) is 0 Å². The van der Waals surface area contributed by atoms with Crippen molar-refractivity contribution < 1.29 is 9.13 Å². The molecule has 0 aliphatic carbocycles. The fraction of sp³-hybridized carbons (Fsp3) is 0.143. The summed E-state index contributed by atoms with van der Waals surface area (Å²) in [5, 5.41) is -0.536. The summed E-state index contributed by atoms with van der Waals surface area (Å²) >= 11 is 9.75. The van der Waals surface area contributed by atoms with Gasteiger partial charge in [0, 0.05) is 10.0 Å². The largest absolute Gasteiger partial charge is 0.497 e. The van der Waals surface area contributed by atoms with E-state index in [9.17, 15) is 4.39 Å². The van der Waals surface area contributed by atoms with Crippen molar-refractivity contribution in [3.8, 4) is 5.75 Å². The molecule has 0 aliphatic rings. The summed E-state index contributed by atoms with van der Waals surface area (Å²) in [7, 11) is 1.59. The van der Waals surface area contributed by atoms with Gasteiger partial charge in [-0.3, -0.25) is 0 Å². The van der Waals surface area contributed by atoms with Crippen LogP contribution in [0, 0.1) is 5.82 Å². The third-order valence-electron chi connectivity index (χ3n) is 2.66. The average molecular weight is 330 g/mol. The molecule has 4 heteroatoms. The van der Waals surface area contributed by atoms with Crippen LogP contribution in [0.1, 0.15) is 16.5 Å². The van der Waals surface area contributed by atoms with E-state index in [2.05, 4.69) is 15.9 Å². The van der Waals surface area contributed by atoms with Crippen molar-refractivity contribution in [2.45, 2.75) is 5.38 Å². The number of rotatable bonds is 3.